The summed E-state index contributed by atoms with van der Waals surface area (Å²) in [5.74, 6) is 0.234. The second-order valence-electron chi connectivity index (χ2n) is 11.5. The zero-order chi connectivity index (χ0) is 29.3. The van der Waals surface area contributed by atoms with Gasteiger partial charge in [0.15, 0.2) is 11.3 Å². The first-order valence-corrected chi connectivity index (χ1v) is 14.9. The van der Waals surface area contributed by atoms with Crippen LogP contribution in [0.3, 0.4) is 0 Å². The van der Waals surface area contributed by atoms with Gasteiger partial charge in [0.1, 0.15) is 5.75 Å². The minimum atomic E-state index is -0.00629. The van der Waals surface area contributed by atoms with Crippen molar-refractivity contribution in [3.63, 3.8) is 0 Å². The molecule has 8 nitrogen and oxygen atoms in total. The van der Waals surface area contributed by atoms with Crippen molar-refractivity contribution < 1.29 is 9.90 Å². The fourth-order valence-electron chi connectivity index (χ4n) is 6.07. The van der Waals surface area contributed by atoms with Gasteiger partial charge in [-0.3, -0.25) is 9.69 Å². The predicted molar refractivity (Wildman–Crippen MR) is 170 cm³/mol. The summed E-state index contributed by atoms with van der Waals surface area (Å²) in [5, 5.41) is 18.1. The summed E-state index contributed by atoms with van der Waals surface area (Å²) in [6.45, 7) is 4.57. The highest BCUT2D eigenvalue weighted by molar-refractivity contribution is 5.93. The zero-order valence-corrected chi connectivity index (χ0v) is 24.2. The monoisotopic (exact) mass is 570 g/mol. The van der Waals surface area contributed by atoms with Gasteiger partial charge in [-0.05, 0) is 87.2 Å². The summed E-state index contributed by atoms with van der Waals surface area (Å²) in [7, 11) is 0. The number of likely N-dealkylation sites (tertiary alicyclic amines) is 1. The lowest BCUT2D eigenvalue weighted by Gasteiger charge is -2.31. The number of amides is 1. The minimum absolute atomic E-state index is 0.00629. The van der Waals surface area contributed by atoms with Crippen LogP contribution in [0, 0.1) is 12.8 Å². The largest absolute Gasteiger partial charge is 0.508 e. The first-order valence-electron chi connectivity index (χ1n) is 14.9. The molecule has 0 unspecified atom stereocenters. The molecule has 1 fully saturated rings. The number of pyridine rings is 1. The van der Waals surface area contributed by atoms with Crippen LogP contribution >= 0.6 is 0 Å². The first kappa shape index (κ1) is 27.0. The average Bonchev–Trinajstić information content (AvgIpc) is 3.43. The van der Waals surface area contributed by atoms with Crippen molar-refractivity contribution in [2.45, 2.75) is 39.2 Å². The minimum Gasteiger partial charge on any atom is -0.508 e. The number of benzene rings is 2. The van der Waals surface area contributed by atoms with Gasteiger partial charge in [-0.25, -0.2) is 9.97 Å². The molecule has 0 saturated carbocycles. The number of hydrogen-bond acceptors (Lipinski definition) is 6. The van der Waals surface area contributed by atoms with Gasteiger partial charge in [-0.15, -0.1) is 0 Å². The Kier molecular flexibility index (Phi) is 7.20. The molecular weight excluding hydrogens is 536 g/mol. The van der Waals surface area contributed by atoms with E-state index >= 15 is 0 Å². The molecule has 4 heterocycles. The Labute approximate surface area is 250 Å². The van der Waals surface area contributed by atoms with E-state index in [-0.39, 0.29) is 17.6 Å². The van der Waals surface area contributed by atoms with Crippen LogP contribution in [0.5, 0.6) is 5.75 Å². The van der Waals surface area contributed by atoms with Gasteiger partial charge < -0.3 is 10.4 Å². The molecule has 1 saturated heterocycles. The van der Waals surface area contributed by atoms with E-state index in [1.54, 1.807) is 24.3 Å². The van der Waals surface area contributed by atoms with E-state index < -0.39 is 0 Å². The number of phenolic OH excluding ortho intramolecular Hbond substituents is 1. The number of aromatic nitrogens is 4. The van der Waals surface area contributed by atoms with E-state index in [9.17, 15) is 9.90 Å². The van der Waals surface area contributed by atoms with E-state index in [1.807, 2.05) is 23.7 Å². The summed E-state index contributed by atoms with van der Waals surface area (Å²) < 4.78 is 1.84. The lowest BCUT2D eigenvalue weighted by Crippen LogP contribution is -2.37. The number of carbonyl (C=O) groups excluding carboxylic acids is 1. The van der Waals surface area contributed by atoms with Crippen molar-refractivity contribution in [1.29, 1.82) is 0 Å². The second-order valence-corrected chi connectivity index (χ2v) is 11.5. The zero-order valence-electron chi connectivity index (χ0n) is 24.2. The lowest BCUT2D eigenvalue weighted by molar-refractivity contribution is -0.121. The molecule has 0 radical (unpaired) electrons. The van der Waals surface area contributed by atoms with Gasteiger partial charge in [0.25, 0.3) is 0 Å². The number of anilines is 1. The van der Waals surface area contributed by atoms with Crippen LogP contribution in [-0.2, 0) is 11.3 Å². The van der Waals surface area contributed by atoms with Crippen molar-refractivity contribution in [3.8, 4) is 17.0 Å². The number of hydrogen-bond donors (Lipinski definition) is 2. The third-order valence-corrected chi connectivity index (χ3v) is 8.41. The number of nitrogens with zero attached hydrogens (tertiary/aromatic N) is 5. The maximum absolute atomic E-state index is 12.8. The summed E-state index contributed by atoms with van der Waals surface area (Å²) in [4.78, 5) is 25.0. The van der Waals surface area contributed by atoms with Crippen molar-refractivity contribution in [2.75, 3.05) is 18.4 Å². The highest BCUT2D eigenvalue weighted by Crippen LogP contribution is 2.33. The number of allylic oxidation sites excluding steroid dienone is 4. The van der Waals surface area contributed by atoms with Crippen LogP contribution in [0.1, 0.15) is 42.5 Å². The molecule has 3 aromatic heterocycles. The fourth-order valence-corrected chi connectivity index (χ4v) is 6.07. The van der Waals surface area contributed by atoms with Crippen molar-refractivity contribution >= 4 is 33.8 Å². The van der Waals surface area contributed by atoms with E-state index in [0.717, 1.165) is 84.5 Å². The van der Waals surface area contributed by atoms with Gasteiger partial charge in [0.05, 0.1) is 11.4 Å². The standard InChI is InChI=1S/C35H34N6O2/c1-23-19-32-36-21-28-20-31(25-5-3-2-4-6-25)33(38-34(28)41(32)39-23)26-9-7-24(8-10-26)22-40-17-15-27(16-18-40)35(43)37-29-11-13-30(42)14-12-29/h3,5-14,19-21,27,42H,2,4,15-18,22H2,1H3,(H,37,43). The average molecular weight is 571 g/mol. The molecule has 2 aromatic carbocycles. The Bertz CT molecular complexity index is 1860. The summed E-state index contributed by atoms with van der Waals surface area (Å²) in [5.41, 5.74) is 8.77. The number of phenols is 1. The van der Waals surface area contributed by atoms with Crippen LogP contribution in [-0.4, -0.2) is 48.6 Å². The Balaban J connectivity index is 1.08. The number of aryl methyl sites for hydroxylation is 1. The van der Waals surface area contributed by atoms with Crippen LogP contribution in [0.15, 0.2) is 85.1 Å². The molecule has 43 heavy (non-hydrogen) atoms. The van der Waals surface area contributed by atoms with Gasteiger partial charge in [0.2, 0.25) is 5.91 Å². The number of aromatic hydroxyl groups is 1. The van der Waals surface area contributed by atoms with Gasteiger partial charge >= 0.3 is 0 Å². The maximum Gasteiger partial charge on any atom is 0.227 e. The first-order chi connectivity index (χ1) is 21.0. The molecule has 216 valence electrons. The smallest absolute Gasteiger partial charge is 0.227 e. The van der Waals surface area contributed by atoms with Gasteiger partial charge in [-0.2, -0.15) is 9.61 Å². The summed E-state index contributed by atoms with van der Waals surface area (Å²) >= 11 is 0. The molecule has 0 spiro atoms. The molecule has 1 aliphatic heterocycles. The van der Waals surface area contributed by atoms with E-state index in [4.69, 9.17) is 4.98 Å². The fraction of sp³-hybridized carbons (Fsp3) is 0.257. The molecule has 1 aliphatic carbocycles. The third-order valence-electron chi connectivity index (χ3n) is 8.41. The molecule has 0 atom stereocenters. The van der Waals surface area contributed by atoms with E-state index in [2.05, 4.69) is 68.9 Å². The molecule has 2 N–H and O–H groups in total. The molecule has 2 aliphatic rings. The second kappa shape index (κ2) is 11.5. The third kappa shape index (κ3) is 5.66. The van der Waals surface area contributed by atoms with E-state index in [1.165, 1.54) is 11.1 Å². The normalized spacial score (nSPS) is 16.1. The Hall–Kier alpha value is -4.82. The Morgan fingerprint density at radius 3 is 2.56 bits per heavy atom. The maximum atomic E-state index is 12.8. The van der Waals surface area contributed by atoms with Crippen LogP contribution in [0.25, 0.3) is 33.5 Å². The van der Waals surface area contributed by atoms with Crippen molar-refractivity contribution in [1.82, 2.24) is 24.5 Å². The molecule has 8 heteroatoms. The van der Waals surface area contributed by atoms with Crippen LogP contribution in [0.2, 0.25) is 0 Å². The number of carbonyl (C=O) groups is 1. The summed E-state index contributed by atoms with van der Waals surface area (Å²) in [6.07, 6.45) is 12.3. The lowest BCUT2D eigenvalue weighted by atomic mass is 9.94. The predicted octanol–water partition coefficient (Wildman–Crippen LogP) is 6.54. The molecule has 5 aromatic rings. The number of piperidine rings is 1. The summed E-state index contributed by atoms with van der Waals surface area (Å²) in [6, 6.07) is 19.5. The molecule has 0 bridgehead atoms. The Morgan fingerprint density at radius 2 is 1.81 bits per heavy atom. The van der Waals surface area contributed by atoms with Crippen LogP contribution < -0.4 is 5.32 Å². The molecule has 1 amide bonds. The van der Waals surface area contributed by atoms with Crippen molar-refractivity contribution in [3.05, 3.63) is 102 Å². The topological polar surface area (TPSA) is 95.7 Å². The quantitative estimate of drug-likeness (QED) is 0.225. The number of fused-ring (bicyclic) bond motifs is 3. The Morgan fingerprint density at radius 1 is 1.02 bits per heavy atom. The molecular formula is C35H34N6O2. The number of rotatable bonds is 6. The van der Waals surface area contributed by atoms with Crippen LogP contribution in [0.4, 0.5) is 5.69 Å². The molecule has 7 rings (SSSR count). The van der Waals surface area contributed by atoms with Gasteiger partial charge in [0, 0.05) is 46.9 Å². The highest BCUT2D eigenvalue weighted by atomic mass is 16.3. The SMILES string of the molecule is Cc1cc2ncc3cc(C4=CCCC=C4)c(-c4ccc(CN5CCC(C(=O)Nc6ccc(O)cc6)CC5)cc4)nc3n2n1. The van der Waals surface area contributed by atoms with E-state index in [0.29, 0.717) is 5.69 Å². The highest BCUT2D eigenvalue weighted by Gasteiger charge is 2.25. The van der Waals surface area contributed by atoms with Crippen molar-refractivity contribution in [2.24, 2.45) is 5.92 Å². The number of nitrogens with one attached hydrogen (secondary N) is 1. The van der Waals surface area contributed by atoms with Gasteiger partial charge in [-0.1, -0.05) is 42.5 Å².